The minimum absolute atomic E-state index is 0.0959. The van der Waals surface area contributed by atoms with Crippen LogP contribution in [0.3, 0.4) is 0 Å². The maximum atomic E-state index is 12.2. The first-order chi connectivity index (χ1) is 9.01. The third kappa shape index (κ3) is 3.45. The maximum Gasteiger partial charge on any atom is 0.218 e. The highest BCUT2D eigenvalue weighted by molar-refractivity contribution is 7.88. The molecule has 0 saturated carbocycles. The molecule has 1 aromatic carbocycles. The molecular weight excluding hydrogens is 268 g/mol. The van der Waals surface area contributed by atoms with E-state index in [4.69, 9.17) is 0 Å². The van der Waals surface area contributed by atoms with Crippen LogP contribution in [0.25, 0.3) is 0 Å². The predicted octanol–water partition coefficient (Wildman–Crippen LogP) is 1.58. The van der Waals surface area contributed by atoms with E-state index in [-0.39, 0.29) is 43.2 Å². The molecule has 1 fully saturated rings. The van der Waals surface area contributed by atoms with Gasteiger partial charge in [0.15, 0.2) is 0 Å². The van der Waals surface area contributed by atoms with Gasteiger partial charge in [0.2, 0.25) is 10.0 Å². The van der Waals surface area contributed by atoms with Crippen LogP contribution in [-0.2, 0) is 20.6 Å². The lowest BCUT2D eigenvalue weighted by Crippen LogP contribution is -2.39. The van der Waals surface area contributed by atoms with E-state index in [2.05, 4.69) is 5.18 Å². The van der Waals surface area contributed by atoms with Gasteiger partial charge in [-0.1, -0.05) is 12.1 Å². The van der Waals surface area contributed by atoms with E-state index in [1.54, 1.807) is 12.1 Å². The molecule has 0 bridgehead atoms. The van der Waals surface area contributed by atoms with Crippen molar-refractivity contribution in [2.24, 2.45) is 5.18 Å². The average molecular weight is 282 g/mol. The quantitative estimate of drug-likeness (QED) is 0.785. The van der Waals surface area contributed by atoms with Crippen LogP contribution in [0.4, 0.5) is 5.69 Å². The zero-order valence-corrected chi connectivity index (χ0v) is 11.1. The number of sulfonamides is 1. The molecule has 0 aliphatic carbocycles. The molecule has 7 heteroatoms. The molecule has 1 aliphatic heterocycles. The highest BCUT2D eigenvalue weighted by Gasteiger charge is 2.26. The Balaban J connectivity index is 2.12. The van der Waals surface area contributed by atoms with E-state index in [1.165, 1.54) is 16.4 Å². The molecule has 0 radical (unpaired) electrons. The summed E-state index contributed by atoms with van der Waals surface area (Å²) in [6, 6.07) is 6.21. The van der Waals surface area contributed by atoms with E-state index in [0.717, 1.165) is 0 Å². The van der Waals surface area contributed by atoms with Gasteiger partial charge in [-0.3, -0.25) is 4.79 Å². The first-order valence-electron chi connectivity index (χ1n) is 5.93. The Morgan fingerprint density at radius 2 is 1.89 bits per heavy atom. The first kappa shape index (κ1) is 13.8. The second-order valence-electron chi connectivity index (χ2n) is 4.46. The summed E-state index contributed by atoms with van der Waals surface area (Å²) < 4.78 is 25.7. The molecule has 0 atom stereocenters. The number of piperidine rings is 1. The summed E-state index contributed by atoms with van der Waals surface area (Å²) in [4.78, 5) is 21.5. The van der Waals surface area contributed by atoms with E-state index < -0.39 is 10.0 Å². The molecule has 0 spiro atoms. The monoisotopic (exact) mass is 282 g/mol. The van der Waals surface area contributed by atoms with Crippen molar-refractivity contribution in [3.63, 3.8) is 0 Å². The summed E-state index contributed by atoms with van der Waals surface area (Å²) in [5, 5.41) is 2.78. The third-order valence-electron chi connectivity index (χ3n) is 3.04. The Bertz CT molecular complexity index is 588. The Hall–Kier alpha value is -1.60. The molecule has 0 amide bonds. The molecular formula is C12H14N2O4S. The van der Waals surface area contributed by atoms with Crippen LogP contribution in [0.5, 0.6) is 0 Å². The van der Waals surface area contributed by atoms with Gasteiger partial charge in [0.25, 0.3) is 0 Å². The van der Waals surface area contributed by atoms with Gasteiger partial charge in [-0.25, -0.2) is 12.7 Å². The van der Waals surface area contributed by atoms with E-state index >= 15 is 0 Å². The Morgan fingerprint density at radius 3 is 2.53 bits per heavy atom. The number of carbonyl (C=O) groups is 1. The number of benzene rings is 1. The number of nitroso groups, excluding NO2 is 1. The second kappa shape index (κ2) is 5.58. The summed E-state index contributed by atoms with van der Waals surface area (Å²) in [7, 11) is -3.45. The minimum atomic E-state index is -3.45. The van der Waals surface area contributed by atoms with Crippen LogP contribution in [0, 0.1) is 4.91 Å². The Kier molecular flexibility index (Phi) is 4.06. The summed E-state index contributed by atoms with van der Waals surface area (Å²) in [5.41, 5.74) is 0.732. The van der Waals surface area contributed by atoms with Crippen molar-refractivity contribution in [1.29, 1.82) is 0 Å². The number of nitrogens with zero attached hydrogens (tertiary/aromatic N) is 2. The number of hydrogen-bond donors (Lipinski definition) is 0. The van der Waals surface area contributed by atoms with Gasteiger partial charge >= 0.3 is 0 Å². The van der Waals surface area contributed by atoms with Gasteiger partial charge in [0, 0.05) is 25.9 Å². The van der Waals surface area contributed by atoms with Crippen molar-refractivity contribution in [2.75, 3.05) is 13.1 Å². The third-order valence-corrected chi connectivity index (χ3v) is 4.89. The van der Waals surface area contributed by atoms with Gasteiger partial charge in [0.1, 0.15) is 11.5 Å². The SMILES string of the molecule is O=Nc1cccc(CS(=O)(=O)N2CCC(=O)CC2)c1. The van der Waals surface area contributed by atoms with Crippen molar-refractivity contribution in [3.8, 4) is 0 Å². The summed E-state index contributed by atoms with van der Waals surface area (Å²) in [5.74, 6) is -0.0801. The normalized spacial score (nSPS) is 17.4. The van der Waals surface area contributed by atoms with E-state index in [9.17, 15) is 18.1 Å². The van der Waals surface area contributed by atoms with Crippen molar-refractivity contribution in [3.05, 3.63) is 34.7 Å². The fraction of sp³-hybridized carbons (Fsp3) is 0.417. The fourth-order valence-electron chi connectivity index (χ4n) is 2.02. The van der Waals surface area contributed by atoms with Crippen LogP contribution in [0.15, 0.2) is 29.4 Å². The highest BCUT2D eigenvalue weighted by Crippen LogP contribution is 2.19. The Labute approximate surface area is 111 Å². The smallest absolute Gasteiger partial charge is 0.218 e. The van der Waals surface area contributed by atoms with E-state index in [1.807, 2.05) is 0 Å². The number of ketones is 1. The Morgan fingerprint density at radius 1 is 1.21 bits per heavy atom. The lowest BCUT2D eigenvalue weighted by Gasteiger charge is -2.25. The standard InChI is InChI=1S/C12H14N2O4S/c15-12-4-6-14(7-5-12)19(17,18)9-10-2-1-3-11(8-10)13-16/h1-3,8H,4-7,9H2. The average Bonchev–Trinajstić information content (AvgIpc) is 2.39. The van der Waals surface area contributed by atoms with Crippen LogP contribution in [0.1, 0.15) is 18.4 Å². The molecule has 2 rings (SSSR count). The summed E-state index contributed by atoms with van der Waals surface area (Å²) >= 11 is 0. The topological polar surface area (TPSA) is 83.9 Å². The molecule has 0 N–H and O–H groups in total. The first-order valence-corrected chi connectivity index (χ1v) is 7.54. The van der Waals surface area contributed by atoms with Crippen molar-refractivity contribution in [2.45, 2.75) is 18.6 Å². The van der Waals surface area contributed by atoms with Gasteiger partial charge in [-0.2, -0.15) is 0 Å². The lowest BCUT2D eigenvalue weighted by molar-refractivity contribution is -0.120. The molecule has 0 aromatic heterocycles. The number of rotatable bonds is 4. The molecule has 102 valence electrons. The molecule has 1 aromatic rings. The summed E-state index contributed by atoms with van der Waals surface area (Å²) in [6.07, 6.45) is 0.546. The van der Waals surface area contributed by atoms with Crippen LogP contribution >= 0.6 is 0 Å². The minimum Gasteiger partial charge on any atom is -0.300 e. The molecule has 1 aliphatic rings. The van der Waals surface area contributed by atoms with E-state index in [0.29, 0.717) is 5.56 Å². The van der Waals surface area contributed by atoms with Crippen LogP contribution in [-0.4, -0.2) is 31.6 Å². The van der Waals surface area contributed by atoms with Gasteiger partial charge in [-0.15, -0.1) is 4.91 Å². The molecule has 1 heterocycles. The second-order valence-corrected chi connectivity index (χ2v) is 6.42. The zero-order chi connectivity index (χ0) is 13.9. The van der Waals surface area contributed by atoms with Crippen LogP contribution < -0.4 is 0 Å². The molecule has 0 unspecified atom stereocenters. The molecule has 19 heavy (non-hydrogen) atoms. The van der Waals surface area contributed by atoms with Crippen molar-refractivity contribution in [1.82, 2.24) is 4.31 Å². The zero-order valence-electron chi connectivity index (χ0n) is 10.3. The summed E-state index contributed by atoms with van der Waals surface area (Å²) in [6.45, 7) is 0.486. The maximum absolute atomic E-state index is 12.2. The van der Waals surface area contributed by atoms with Gasteiger partial charge in [-0.05, 0) is 22.9 Å². The number of hydrogen-bond acceptors (Lipinski definition) is 5. The predicted molar refractivity (Wildman–Crippen MR) is 70.3 cm³/mol. The largest absolute Gasteiger partial charge is 0.300 e. The van der Waals surface area contributed by atoms with Crippen LogP contribution in [0.2, 0.25) is 0 Å². The number of carbonyl (C=O) groups excluding carboxylic acids is 1. The van der Waals surface area contributed by atoms with Crippen molar-refractivity contribution >= 4 is 21.5 Å². The van der Waals surface area contributed by atoms with Gasteiger partial charge < -0.3 is 0 Å². The van der Waals surface area contributed by atoms with Gasteiger partial charge in [0.05, 0.1) is 5.75 Å². The van der Waals surface area contributed by atoms with Crippen molar-refractivity contribution < 1.29 is 13.2 Å². The molecule has 1 saturated heterocycles. The fourth-order valence-corrected chi connectivity index (χ4v) is 3.54. The highest BCUT2D eigenvalue weighted by atomic mass is 32.2. The lowest BCUT2D eigenvalue weighted by atomic mass is 10.1. The molecule has 6 nitrogen and oxygen atoms in total. The number of Topliss-reactive ketones (excluding diaryl/α,β-unsaturated/α-hetero) is 1.